The summed E-state index contributed by atoms with van der Waals surface area (Å²) in [5, 5.41) is 4.69. The quantitative estimate of drug-likeness (QED) is 0.844. The smallest absolute Gasteiger partial charge is 0.270 e. The molecule has 0 bridgehead atoms. The van der Waals surface area contributed by atoms with Gasteiger partial charge in [0.2, 0.25) is 0 Å². The van der Waals surface area contributed by atoms with Gasteiger partial charge in [-0.25, -0.2) is 9.37 Å². The molecule has 0 radical (unpaired) electrons. The molecular formula is C19H22FN3O2S. The van der Waals surface area contributed by atoms with Gasteiger partial charge in [-0.2, -0.15) is 0 Å². The molecular weight excluding hydrogens is 353 g/mol. The van der Waals surface area contributed by atoms with Gasteiger partial charge in [0, 0.05) is 43.7 Å². The molecule has 2 saturated heterocycles. The molecule has 4 rings (SSSR count). The third-order valence-electron chi connectivity index (χ3n) is 5.38. The summed E-state index contributed by atoms with van der Waals surface area (Å²) in [6.07, 6.45) is 1.91. The number of carbonyl (C=O) groups is 1. The first-order valence-corrected chi connectivity index (χ1v) is 9.87. The second-order valence-electron chi connectivity index (χ2n) is 7.05. The van der Waals surface area contributed by atoms with Crippen LogP contribution in [0.4, 0.5) is 4.39 Å². The van der Waals surface area contributed by atoms with Crippen molar-refractivity contribution in [3.8, 4) is 0 Å². The molecule has 1 amide bonds. The molecule has 26 heavy (non-hydrogen) atoms. The van der Waals surface area contributed by atoms with E-state index in [9.17, 15) is 9.18 Å². The van der Waals surface area contributed by atoms with Crippen LogP contribution >= 0.6 is 11.3 Å². The average molecular weight is 375 g/mol. The van der Waals surface area contributed by atoms with Gasteiger partial charge >= 0.3 is 0 Å². The fourth-order valence-electron chi connectivity index (χ4n) is 4.01. The molecule has 1 unspecified atom stereocenters. The van der Waals surface area contributed by atoms with Crippen LogP contribution in [-0.2, 0) is 11.3 Å². The number of halogens is 1. The average Bonchev–Trinajstić information content (AvgIpc) is 3.26. The Balaban J connectivity index is 1.26. The van der Waals surface area contributed by atoms with Crippen molar-refractivity contribution in [2.24, 2.45) is 5.92 Å². The lowest BCUT2D eigenvalue weighted by Gasteiger charge is -2.50. The molecule has 1 aromatic carbocycles. The number of thiazole rings is 1. The lowest BCUT2D eigenvalue weighted by atomic mass is 9.78. The highest BCUT2D eigenvalue weighted by atomic mass is 32.1. The number of amides is 1. The van der Waals surface area contributed by atoms with Crippen molar-refractivity contribution in [3.05, 3.63) is 52.2 Å². The van der Waals surface area contributed by atoms with E-state index in [4.69, 9.17) is 4.74 Å². The fourth-order valence-corrected chi connectivity index (χ4v) is 4.54. The second kappa shape index (κ2) is 7.42. The monoisotopic (exact) mass is 375 g/mol. The number of carbonyl (C=O) groups excluding carboxylic acids is 1. The van der Waals surface area contributed by atoms with E-state index in [1.165, 1.54) is 17.4 Å². The maximum atomic E-state index is 13.8. The maximum Gasteiger partial charge on any atom is 0.270 e. The van der Waals surface area contributed by atoms with Gasteiger partial charge in [-0.15, -0.1) is 11.3 Å². The van der Waals surface area contributed by atoms with Crippen molar-refractivity contribution in [3.63, 3.8) is 0 Å². The number of likely N-dealkylation sites (tertiary alicyclic amines) is 1. The van der Waals surface area contributed by atoms with Crippen LogP contribution in [0.2, 0.25) is 0 Å². The van der Waals surface area contributed by atoms with Crippen LogP contribution in [0, 0.1) is 11.7 Å². The molecule has 2 fully saturated rings. The zero-order valence-corrected chi connectivity index (χ0v) is 15.3. The van der Waals surface area contributed by atoms with E-state index in [-0.39, 0.29) is 17.3 Å². The van der Waals surface area contributed by atoms with Crippen molar-refractivity contribution < 1.29 is 13.9 Å². The molecule has 0 saturated carbocycles. The number of nitrogens with zero attached hydrogens (tertiary/aromatic N) is 2. The number of nitrogens with one attached hydrogen (secondary N) is 1. The summed E-state index contributed by atoms with van der Waals surface area (Å²) in [6.45, 7) is 3.65. The van der Waals surface area contributed by atoms with E-state index in [0.29, 0.717) is 24.7 Å². The number of ether oxygens (including phenoxy) is 1. The topological polar surface area (TPSA) is 54.5 Å². The Morgan fingerprint density at radius 3 is 3.04 bits per heavy atom. The van der Waals surface area contributed by atoms with Crippen LogP contribution < -0.4 is 5.32 Å². The summed E-state index contributed by atoms with van der Waals surface area (Å²) in [7, 11) is 0. The molecule has 3 heterocycles. The maximum absolute atomic E-state index is 13.8. The number of aromatic nitrogens is 1. The van der Waals surface area contributed by atoms with Crippen molar-refractivity contribution in [2.75, 3.05) is 26.2 Å². The number of hydrogen-bond acceptors (Lipinski definition) is 5. The third-order valence-corrected chi connectivity index (χ3v) is 5.96. The van der Waals surface area contributed by atoms with Gasteiger partial charge in [0.15, 0.2) is 0 Å². The first kappa shape index (κ1) is 17.6. The minimum atomic E-state index is -0.151. The number of benzene rings is 1. The SMILES string of the molecule is O=C(NCCC1CCOC12CN(Cc1ccccc1F)C2)c1cscn1. The van der Waals surface area contributed by atoms with Crippen LogP contribution in [0.5, 0.6) is 0 Å². The van der Waals surface area contributed by atoms with Crippen LogP contribution in [0.3, 0.4) is 0 Å². The molecule has 2 aliphatic rings. The second-order valence-corrected chi connectivity index (χ2v) is 7.77. The van der Waals surface area contributed by atoms with E-state index < -0.39 is 0 Å². The van der Waals surface area contributed by atoms with Gasteiger partial charge in [0.05, 0.1) is 11.1 Å². The Bertz CT molecular complexity index is 762. The largest absolute Gasteiger partial charge is 0.372 e. The molecule has 7 heteroatoms. The summed E-state index contributed by atoms with van der Waals surface area (Å²) >= 11 is 1.42. The van der Waals surface area contributed by atoms with Gasteiger partial charge in [0.1, 0.15) is 11.5 Å². The van der Waals surface area contributed by atoms with Crippen molar-refractivity contribution in [1.82, 2.24) is 15.2 Å². The molecule has 1 N–H and O–H groups in total. The fraction of sp³-hybridized carbons (Fsp3) is 0.474. The first-order valence-electron chi connectivity index (χ1n) is 8.92. The van der Waals surface area contributed by atoms with Gasteiger partial charge in [-0.1, -0.05) is 18.2 Å². The minimum absolute atomic E-state index is 0.117. The Morgan fingerprint density at radius 2 is 2.27 bits per heavy atom. The van der Waals surface area contributed by atoms with E-state index in [2.05, 4.69) is 15.2 Å². The van der Waals surface area contributed by atoms with Gasteiger partial charge in [-0.3, -0.25) is 9.69 Å². The predicted octanol–water partition coefficient (Wildman–Crippen LogP) is 2.69. The number of rotatable bonds is 6. The highest BCUT2D eigenvalue weighted by molar-refractivity contribution is 7.07. The van der Waals surface area contributed by atoms with Crippen LogP contribution in [0.25, 0.3) is 0 Å². The molecule has 1 spiro atoms. The molecule has 138 valence electrons. The zero-order chi connectivity index (χ0) is 18.0. The van der Waals surface area contributed by atoms with Gasteiger partial charge in [0.25, 0.3) is 5.91 Å². The molecule has 0 aliphatic carbocycles. The summed E-state index contributed by atoms with van der Waals surface area (Å²) < 4.78 is 19.9. The van der Waals surface area contributed by atoms with Crippen molar-refractivity contribution in [1.29, 1.82) is 0 Å². The van der Waals surface area contributed by atoms with Crippen LogP contribution in [0.1, 0.15) is 28.9 Å². The molecule has 2 aromatic rings. The molecule has 1 aromatic heterocycles. The highest BCUT2D eigenvalue weighted by Gasteiger charge is 2.52. The van der Waals surface area contributed by atoms with Gasteiger partial charge in [-0.05, 0) is 24.8 Å². The summed E-state index contributed by atoms with van der Waals surface area (Å²) in [4.78, 5) is 18.2. The number of hydrogen-bond donors (Lipinski definition) is 1. The standard InChI is InChI=1S/C19H22FN3O2S/c20-16-4-2-1-3-14(16)9-23-11-19(12-23)15(6-8-25-19)5-7-21-18(24)17-10-26-13-22-17/h1-4,10,13,15H,5-9,11-12H2,(H,21,24). The van der Waals surface area contributed by atoms with Crippen molar-refractivity contribution >= 4 is 17.2 Å². The normalized spacial score (nSPS) is 21.7. The third kappa shape index (κ3) is 3.51. The molecule has 2 aliphatic heterocycles. The zero-order valence-electron chi connectivity index (χ0n) is 14.5. The van der Waals surface area contributed by atoms with E-state index in [0.717, 1.165) is 38.1 Å². The molecule has 1 atom stereocenters. The van der Waals surface area contributed by atoms with Crippen LogP contribution in [-0.4, -0.2) is 47.6 Å². The minimum Gasteiger partial charge on any atom is -0.372 e. The van der Waals surface area contributed by atoms with E-state index >= 15 is 0 Å². The lowest BCUT2D eigenvalue weighted by Crippen LogP contribution is -2.64. The summed E-state index contributed by atoms with van der Waals surface area (Å²) in [6, 6.07) is 6.92. The molecule has 5 nitrogen and oxygen atoms in total. The lowest BCUT2D eigenvalue weighted by molar-refractivity contribution is -0.137. The Kier molecular flexibility index (Phi) is 5.02. The highest BCUT2D eigenvalue weighted by Crippen LogP contribution is 2.42. The van der Waals surface area contributed by atoms with E-state index in [1.54, 1.807) is 17.0 Å². The Morgan fingerprint density at radius 1 is 1.42 bits per heavy atom. The van der Waals surface area contributed by atoms with Gasteiger partial charge < -0.3 is 10.1 Å². The Labute approximate surface area is 156 Å². The predicted molar refractivity (Wildman–Crippen MR) is 97.5 cm³/mol. The Hall–Kier alpha value is -1.83. The van der Waals surface area contributed by atoms with Crippen molar-refractivity contribution in [2.45, 2.75) is 25.0 Å². The van der Waals surface area contributed by atoms with E-state index in [1.807, 2.05) is 12.1 Å². The van der Waals surface area contributed by atoms with Crippen LogP contribution in [0.15, 0.2) is 35.2 Å². The summed E-state index contributed by atoms with van der Waals surface area (Å²) in [5.41, 5.74) is 2.74. The summed E-state index contributed by atoms with van der Waals surface area (Å²) in [5.74, 6) is 0.159. The first-order chi connectivity index (χ1) is 12.7.